The monoisotopic (exact) mass is 564 g/mol. The second-order valence-corrected chi connectivity index (χ2v) is 9.37. The van der Waals surface area contributed by atoms with Crippen LogP contribution in [-0.4, -0.2) is 33.9 Å². The number of rotatable bonds is 9. The molecular formula is C29H26Cl2N4O4. The molecule has 5 rings (SSSR count). The molecule has 200 valence electrons. The molecule has 1 atom stereocenters. The third-order valence-electron chi connectivity index (χ3n) is 6.17. The summed E-state index contributed by atoms with van der Waals surface area (Å²) in [6, 6.07) is 19.8. The summed E-state index contributed by atoms with van der Waals surface area (Å²) < 4.78 is 19.2. The summed E-state index contributed by atoms with van der Waals surface area (Å²) in [5.74, 6) is 1.05. The first-order chi connectivity index (χ1) is 19.0. The third-order valence-corrected chi connectivity index (χ3v) is 6.88. The van der Waals surface area contributed by atoms with Crippen molar-refractivity contribution in [3.05, 3.63) is 105 Å². The van der Waals surface area contributed by atoms with E-state index in [-0.39, 0.29) is 13.2 Å². The normalized spacial score (nSPS) is 14.4. The van der Waals surface area contributed by atoms with E-state index in [1.54, 1.807) is 35.9 Å². The van der Waals surface area contributed by atoms with Crippen molar-refractivity contribution in [3.8, 4) is 11.5 Å². The Bertz CT molecular complexity index is 1500. The van der Waals surface area contributed by atoms with E-state index in [4.69, 9.17) is 37.4 Å². The molecule has 3 aromatic carbocycles. The maximum atomic E-state index is 13.4. The predicted molar refractivity (Wildman–Crippen MR) is 150 cm³/mol. The average Bonchev–Trinajstić information content (AvgIpc) is 3.42. The van der Waals surface area contributed by atoms with E-state index in [1.807, 2.05) is 49.4 Å². The van der Waals surface area contributed by atoms with Crippen LogP contribution >= 0.6 is 23.2 Å². The van der Waals surface area contributed by atoms with E-state index in [1.165, 1.54) is 6.33 Å². The summed E-state index contributed by atoms with van der Waals surface area (Å²) >= 11 is 12.7. The van der Waals surface area contributed by atoms with E-state index in [9.17, 15) is 4.79 Å². The molecule has 2 heterocycles. The van der Waals surface area contributed by atoms with Gasteiger partial charge in [-0.2, -0.15) is 10.1 Å². The van der Waals surface area contributed by atoms with Crippen LogP contribution in [0.1, 0.15) is 36.6 Å². The van der Waals surface area contributed by atoms with Gasteiger partial charge in [-0.05, 0) is 49.2 Å². The van der Waals surface area contributed by atoms with Gasteiger partial charge in [0.1, 0.15) is 19.0 Å². The van der Waals surface area contributed by atoms with Gasteiger partial charge in [-0.15, -0.1) is 0 Å². The number of aromatic nitrogens is 3. The van der Waals surface area contributed by atoms with Crippen LogP contribution in [0.2, 0.25) is 10.0 Å². The van der Waals surface area contributed by atoms with Crippen molar-refractivity contribution >= 4 is 40.8 Å². The second-order valence-electron chi connectivity index (χ2n) is 8.56. The van der Waals surface area contributed by atoms with Crippen LogP contribution < -0.4 is 14.8 Å². The van der Waals surface area contributed by atoms with Gasteiger partial charge < -0.3 is 19.5 Å². The molecule has 39 heavy (non-hydrogen) atoms. The Kier molecular flexibility index (Phi) is 8.05. The lowest BCUT2D eigenvalue weighted by Crippen LogP contribution is -2.30. The molecule has 0 aliphatic carbocycles. The molecule has 0 bridgehead atoms. The number of hydrogen-bond acceptors (Lipinski definition) is 7. The summed E-state index contributed by atoms with van der Waals surface area (Å²) in [6.07, 6.45) is 1.44. The molecule has 0 saturated carbocycles. The summed E-state index contributed by atoms with van der Waals surface area (Å²) in [5, 5.41) is 8.73. The van der Waals surface area contributed by atoms with Crippen LogP contribution in [0.5, 0.6) is 11.5 Å². The van der Waals surface area contributed by atoms with Gasteiger partial charge in [0.15, 0.2) is 11.5 Å². The van der Waals surface area contributed by atoms with Crippen LogP contribution in [0.25, 0.3) is 5.70 Å². The number of nitrogens with zero attached hydrogens (tertiary/aromatic N) is 3. The zero-order valence-corrected chi connectivity index (χ0v) is 22.9. The minimum Gasteiger partial charge on any atom is -0.490 e. The fourth-order valence-electron chi connectivity index (χ4n) is 4.43. The van der Waals surface area contributed by atoms with Crippen LogP contribution in [-0.2, 0) is 16.1 Å². The largest absolute Gasteiger partial charge is 0.490 e. The van der Waals surface area contributed by atoms with E-state index in [2.05, 4.69) is 15.4 Å². The number of carbonyl (C=O) groups excluding carboxylic acids is 1. The standard InChI is InChI=1S/C29H26Cl2N4O4/c1-3-37-24-15-19(13-14-23(24)39-16-20-21(30)11-8-12-22(20)31)27-25(28(36)38-4-2)26(18-9-6-5-7-10-18)34-29-32-17-33-35(27)29/h5-15,17,27H,3-4,16H2,1-2H3,(H,32,33,34)/t27-/m1/s1. The lowest BCUT2D eigenvalue weighted by Gasteiger charge is -2.30. The van der Waals surface area contributed by atoms with Crippen molar-refractivity contribution in [1.82, 2.24) is 14.8 Å². The van der Waals surface area contributed by atoms with Gasteiger partial charge in [0.2, 0.25) is 5.95 Å². The zero-order chi connectivity index (χ0) is 27.4. The quantitative estimate of drug-likeness (QED) is 0.230. The van der Waals surface area contributed by atoms with Crippen molar-refractivity contribution in [3.63, 3.8) is 0 Å². The number of nitrogens with one attached hydrogen (secondary N) is 1. The molecule has 8 nitrogen and oxygen atoms in total. The van der Waals surface area contributed by atoms with Crippen molar-refractivity contribution in [1.29, 1.82) is 0 Å². The van der Waals surface area contributed by atoms with Crippen LogP contribution in [0.4, 0.5) is 5.95 Å². The van der Waals surface area contributed by atoms with Gasteiger partial charge in [0.05, 0.1) is 24.5 Å². The highest BCUT2D eigenvalue weighted by molar-refractivity contribution is 6.35. The van der Waals surface area contributed by atoms with E-state index in [0.717, 1.165) is 11.1 Å². The molecule has 4 aromatic rings. The molecule has 10 heteroatoms. The number of benzene rings is 3. The number of carbonyl (C=O) groups is 1. The molecule has 0 amide bonds. The topological polar surface area (TPSA) is 87.5 Å². The molecule has 0 unspecified atom stereocenters. The lowest BCUT2D eigenvalue weighted by molar-refractivity contribution is -0.138. The summed E-state index contributed by atoms with van der Waals surface area (Å²) in [7, 11) is 0. The van der Waals surface area contributed by atoms with Crippen molar-refractivity contribution in [2.45, 2.75) is 26.5 Å². The number of ether oxygens (including phenoxy) is 3. The van der Waals surface area contributed by atoms with Gasteiger partial charge in [-0.3, -0.25) is 0 Å². The number of fused-ring (bicyclic) bond motifs is 1. The highest BCUT2D eigenvalue weighted by Gasteiger charge is 2.36. The Morgan fingerprint density at radius 2 is 1.72 bits per heavy atom. The minimum absolute atomic E-state index is 0.157. The first-order valence-electron chi connectivity index (χ1n) is 12.5. The SMILES string of the molecule is CCOC(=O)C1=C(c2ccccc2)Nc2ncnn2[C@@H]1c1ccc(OCc2c(Cl)cccc2Cl)c(OCC)c1. The molecule has 0 fully saturated rings. The van der Waals surface area contributed by atoms with E-state index >= 15 is 0 Å². The second kappa shape index (κ2) is 11.8. The first kappa shape index (κ1) is 26.6. The predicted octanol–water partition coefficient (Wildman–Crippen LogP) is 6.55. The fourth-order valence-corrected chi connectivity index (χ4v) is 4.94. The van der Waals surface area contributed by atoms with Crippen molar-refractivity contribution in [2.24, 2.45) is 0 Å². The van der Waals surface area contributed by atoms with Crippen LogP contribution in [0.3, 0.4) is 0 Å². The Balaban J connectivity index is 1.59. The number of halogens is 2. The Morgan fingerprint density at radius 3 is 2.44 bits per heavy atom. The summed E-state index contributed by atoms with van der Waals surface area (Å²) in [6.45, 7) is 4.45. The highest BCUT2D eigenvalue weighted by atomic mass is 35.5. The van der Waals surface area contributed by atoms with Gasteiger partial charge in [0.25, 0.3) is 0 Å². The molecule has 0 radical (unpaired) electrons. The van der Waals surface area contributed by atoms with Gasteiger partial charge in [-0.1, -0.05) is 65.7 Å². The number of anilines is 1. The highest BCUT2D eigenvalue weighted by Crippen LogP contribution is 2.41. The molecule has 0 spiro atoms. The molecule has 1 aromatic heterocycles. The zero-order valence-electron chi connectivity index (χ0n) is 21.4. The van der Waals surface area contributed by atoms with Crippen molar-refractivity contribution < 1.29 is 19.0 Å². The maximum Gasteiger partial charge on any atom is 0.338 e. The van der Waals surface area contributed by atoms with Crippen LogP contribution in [0.15, 0.2) is 78.6 Å². The molecule has 1 N–H and O–H groups in total. The van der Waals surface area contributed by atoms with Gasteiger partial charge in [0, 0.05) is 15.6 Å². The minimum atomic E-state index is -0.635. The maximum absolute atomic E-state index is 13.4. The molecule has 1 aliphatic heterocycles. The van der Waals surface area contributed by atoms with E-state index in [0.29, 0.717) is 50.9 Å². The Hall–Kier alpha value is -4.01. The van der Waals surface area contributed by atoms with Crippen molar-refractivity contribution in [2.75, 3.05) is 18.5 Å². The fraction of sp³-hybridized carbons (Fsp3) is 0.207. The number of esters is 1. The Morgan fingerprint density at radius 1 is 0.949 bits per heavy atom. The summed E-state index contributed by atoms with van der Waals surface area (Å²) in [4.78, 5) is 17.8. The molecule has 1 aliphatic rings. The lowest BCUT2D eigenvalue weighted by atomic mass is 9.92. The smallest absolute Gasteiger partial charge is 0.338 e. The summed E-state index contributed by atoms with van der Waals surface area (Å²) in [5.41, 5.74) is 3.25. The van der Waals surface area contributed by atoms with E-state index < -0.39 is 12.0 Å². The number of hydrogen-bond donors (Lipinski definition) is 1. The van der Waals surface area contributed by atoms with Crippen LogP contribution in [0, 0.1) is 0 Å². The average molecular weight is 565 g/mol. The molecular weight excluding hydrogens is 539 g/mol. The van der Waals surface area contributed by atoms with Gasteiger partial charge in [-0.25, -0.2) is 9.48 Å². The first-order valence-corrected chi connectivity index (χ1v) is 13.2. The van der Waals surface area contributed by atoms with Gasteiger partial charge >= 0.3 is 5.97 Å². The third kappa shape index (κ3) is 5.44. The molecule has 0 saturated heterocycles. The Labute approximate surface area is 236 Å².